The summed E-state index contributed by atoms with van der Waals surface area (Å²) >= 11 is 0. The molecule has 0 amide bonds. The summed E-state index contributed by atoms with van der Waals surface area (Å²) in [7, 11) is 3.92. The molecule has 1 aliphatic heterocycles. The number of aromatic nitrogens is 2. The Kier molecular flexibility index (Phi) is 6.84. The van der Waals surface area contributed by atoms with Gasteiger partial charge in [-0.25, -0.2) is 9.97 Å². The molecule has 0 spiro atoms. The van der Waals surface area contributed by atoms with Crippen LogP contribution in [0.1, 0.15) is 37.7 Å². The highest BCUT2D eigenvalue weighted by atomic mass is 16.5. The van der Waals surface area contributed by atoms with Crippen molar-refractivity contribution in [3.63, 3.8) is 0 Å². The van der Waals surface area contributed by atoms with Gasteiger partial charge in [-0.3, -0.25) is 0 Å². The predicted octanol–water partition coefficient (Wildman–Crippen LogP) is 6.54. The van der Waals surface area contributed by atoms with Gasteiger partial charge in [0.25, 0.3) is 0 Å². The third-order valence-corrected chi connectivity index (χ3v) is 7.06. The molecule has 180 valence electrons. The Morgan fingerprint density at radius 1 is 0.943 bits per heavy atom. The van der Waals surface area contributed by atoms with Crippen LogP contribution in [-0.4, -0.2) is 43.8 Å². The molecule has 2 heterocycles. The van der Waals surface area contributed by atoms with Gasteiger partial charge in [-0.05, 0) is 55.0 Å². The van der Waals surface area contributed by atoms with E-state index in [0.717, 1.165) is 72.8 Å². The monoisotopic (exact) mass is 466 g/mol. The Morgan fingerprint density at radius 2 is 1.69 bits per heavy atom. The fourth-order valence-corrected chi connectivity index (χ4v) is 5.17. The summed E-state index contributed by atoms with van der Waals surface area (Å²) in [6.07, 6.45) is 3.26. The van der Waals surface area contributed by atoms with Crippen molar-refractivity contribution in [1.82, 2.24) is 9.97 Å². The molecule has 4 aromatic rings. The topological polar surface area (TPSA) is 41.5 Å². The predicted molar refractivity (Wildman–Crippen MR) is 146 cm³/mol. The van der Waals surface area contributed by atoms with E-state index >= 15 is 0 Å². The van der Waals surface area contributed by atoms with Crippen LogP contribution in [0.5, 0.6) is 5.75 Å². The van der Waals surface area contributed by atoms with Gasteiger partial charge in [0.15, 0.2) is 5.82 Å². The zero-order valence-electron chi connectivity index (χ0n) is 20.9. The van der Waals surface area contributed by atoms with E-state index in [1.807, 2.05) is 24.3 Å². The molecule has 0 unspecified atom stereocenters. The number of benzene rings is 3. The van der Waals surface area contributed by atoms with Crippen molar-refractivity contribution in [3.05, 3.63) is 78.4 Å². The van der Waals surface area contributed by atoms with Crippen molar-refractivity contribution in [2.24, 2.45) is 0 Å². The van der Waals surface area contributed by atoms with Gasteiger partial charge in [0.1, 0.15) is 11.6 Å². The van der Waals surface area contributed by atoms with Crippen LogP contribution in [-0.2, 0) is 0 Å². The summed E-state index contributed by atoms with van der Waals surface area (Å²) in [5, 5.41) is 1.13. The lowest BCUT2D eigenvalue weighted by Crippen LogP contribution is -2.34. The van der Waals surface area contributed by atoms with E-state index in [9.17, 15) is 0 Å². The quantitative estimate of drug-likeness (QED) is 0.309. The maximum Gasteiger partial charge on any atom is 0.162 e. The second-order valence-electron chi connectivity index (χ2n) is 9.36. The van der Waals surface area contributed by atoms with Gasteiger partial charge >= 0.3 is 0 Å². The minimum Gasteiger partial charge on any atom is -0.496 e. The molecule has 1 aliphatic rings. The molecule has 1 aromatic heterocycles. The zero-order chi connectivity index (χ0) is 24.2. The Bertz CT molecular complexity index is 1280. The molecule has 0 radical (unpaired) electrons. The molecule has 0 atom stereocenters. The fourth-order valence-electron chi connectivity index (χ4n) is 5.17. The Hall–Kier alpha value is -3.60. The number of anilines is 2. The van der Waals surface area contributed by atoms with Crippen LogP contribution in [0.2, 0.25) is 0 Å². The molecule has 1 saturated heterocycles. The lowest BCUT2D eigenvalue weighted by atomic mass is 9.88. The Balaban J connectivity index is 1.51. The summed E-state index contributed by atoms with van der Waals surface area (Å²) in [6.45, 7) is 5.15. The minimum atomic E-state index is 0.496. The standard InChI is InChI=1S/C30H34N4O/c1-4-18-33(2)24-14-15-27-26(21-24)30(32-29(31-27)23-10-6-5-7-11-23)34-19-16-22(17-20-34)25-12-8-9-13-28(25)35-3/h5-15,21-22H,4,16-20H2,1-3H3. The number of hydrogen-bond acceptors (Lipinski definition) is 5. The maximum atomic E-state index is 5.65. The third-order valence-electron chi connectivity index (χ3n) is 7.06. The zero-order valence-corrected chi connectivity index (χ0v) is 20.9. The number of ether oxygens (including phenoxy) is 1. The molecule has 1 fully saturated rings. The van der Waals surface area contributed by atoms with Crippen LogP contribution in [0.25, 0.3) is 22.3 Å². The van der Waals surface area contributed by atoms with E-state index in [1.54, 1.807) is 7.11 Å². The number of piperidine rings is 1. The lowest BCUT2D eigenvalue weighted by molar-refractivity contribution is 0.397. The first-order valence-corrected chi connectivity index (χ1v) is 12.6. The van der Waals surface area contributed by atoms with Gasteiger partial charge in [-0.1, -0.05) is 55.5 Å². The summed E-state index contributed by atoms with van der Waals surface area (Å²) in [6, 6.07) is 25.3. The average molecular weight is 467 g/mol. The van der Waals surface area contributed by atoms with E-state index in [0.29, 0.717) is 5.92 Å². The van der Waals surface area contributed by atoms with E-state index in [-0.39, 0.29) is 0 Å². The number of fused-ring (bicyclic) bond motifs is 1. The Morgan fingerprint density at radius 3 is 2.43 bits per heavy atom. The number of rotatable bonds is 7. The molecule has 35 heavy (non-hydrogen) atoms. The number of hydrogen-bond donors (Lipinski definition) is 0. The number of methoxy groups -OCH3 is 1. The molecule has 0 bridgehead atoms. The van der Waals surface area contributed by atoms with Gasteiger partial charge in [0.2, 0.25) is 0 Å². The average Bonchev–Trinajstić information content (AvgIpc) is 2.93. The number of nitrogens with zero attached hydrogens (tertiary/aromatic N) is 4. The summed E-state index contributed by atoms with van der Waals surface area (Å²) in [5.41, 5.74) is 4.57. The van der Waals surface area contributed by atoms with E-state index in [2.05, 4.69) is 72.3 Å². The molecular weight excluding hydrogens is 432 g/mol. The highest BCUT2D eigenvalue weighted by Gasteiger charge is 2.25. The van der Waals surface area contributed by atoms with Gasteiger partial charge in [0.05, 0.1) is 12.6 Å². The molecule has 5 rings (SSSR count). The fraction of sp³-hybridized carbons (Fsp3) is 0.333. The van der Waals surface area contributed by atoms with Crippen molar-refractivity contribution < 1.29 is 4.74 Å². The molecular formula is C30H34N4O. The second-order valence-corrected chi connectivity index (χ2v) is 9.36. The van der Waals surface area contributed by atoms with Crippen LogP contribution in [0.4, 0.5) is 11.5 Å². The normalized spacial score (nSPS) is 14.3. The minimum absolute atomic E-state index is 0.496. The molecule has 3 aromatic carbocycles. The highest BCUT2D eigenvalue weighted by Crippen LogP contribution is 2.37. The van der Waals surface area contributed by atoms with Gasteiger partial charge in [-0.2, -0.15) is 0 Å². The van der Waals surface area contributed by atoms with Crippen LogP contribution < -0.4 is 14.5 Å². The smallest absolute Gasteiger partial charge is 0.162 e. The summed E-state index contributed by atoms with van der Waals surface area (Å²) in [5.74, 6) is 3.32. The van der Waals surface area contributed by atoms with Gasteiger partial charge in [-0.15, -0.1) is 0 Å². The van der Waals surface area contributed by atoms with Crippen molar-refractivity contribution in [2.45, 2.75) is 32.1 Å². The van der Waals surface area contributed by atoms with Crippen molar-refractivity contribution >= 4 is 22.4 Å². The molecule has 0 saturated carbocycles. The largest absolute Gasteiger partial charge is 0.496 e. The first-order valence-electron chi connectivity index (χ1n) is 12.6. The first kappa shape index (κ1) is 23.2. The van der Waals surface area contributed by atoms with Crippen LogP contribution in [0.3, 0.4) is 0 Å². The Labute approximate surface area is 208 Å². The lowest BCUT2D eigenvalue weighted by Gasteiger charge is -2.34. The van der Waals surface area contributed by atoms with E-state index in [1.165, 1.54) is 11.3 Å². The van der Waals surface area contributed by atoms with Crippen molar-refractivity contribution in [3.8, 4) is 17.1 Å². The molecule has 5 heteroatoms. The molecule has 0 N–H and O–H groups in total. The van der Waals surface area contributed by atoms with E-state index < -0.39 is 0 Å². The van der Waals surface area contributed by atoms with Crippen molar-refractivity contribution in [2.75, 3.05) is 43.6 Å². The van der Waals surface area contributed by atoms with Crippen LogP contribution in [0, 0.1) is 0 Å². The van der Waals surface area contributed by atoms with Crippen LogP contribution >= 0.6 is 0 Å². The van der Waals surface area contributed by atoms with Gasteiger partial charge in [0, 0.05) is 43.3 Å². The highest BCUT2D eigenvalue weighted by molar-refractivity contribution is 5.93. The summed E-state index contributed by atoms with van der Waals surface area (Å²) < 4.78 is 5.65. The molecule has 5 nitrogen and oxygen atoms in total. The maximum absolute atomic E-state index is 5.65. The number of para-hydroxylation sites is 1. The summed E-state index contributed by atoms with van der Waals surface area (Å²) in [4.78, 5) is 14.9. The SMILES string of the molecule is CCCN(C)c1ccc2nc(-c3ccccc3)nc(N3CCC(c4ccccc4OC)CC3)c2c1. The van der Waals surface area contributed by atoms with Gasteiger partial charge < -0.3 is 14.5 Å². The first-order chi connectivity index (χ1) is 17.2. The molecule has 0 aliphatic carbocycles. The van der Waals surface area contributed by atoms with Crippen molar-refractivity contribution in [1.29, 1.82) is 0 Å². The van der Waals surface area contributed by atoms with E-state index in [4.69, 9.17) is 14.7 Å². The van der Waals surface area contributed by atoms with Crippen LogP contribution in [0.15, 0.2) is 72.8 Å². The third kappa shape index (κ3) is 4.81. The second kappa shape index (κ2) is 10.3.